The maximum Gasteiger partial charge on any atom is 0.431 e. The van der Waals surface area contributed by atoms with Crippen molar-refractivity contribution in [1.82, 2.24) is 19.5 Å². The fraction of sp³-hybridized carbons (Fsp3) is 0.309. The molecule has 0 saturated carbocycles. The van der Waals surface area contributed by atoms with Crippen molar-refractivity contribution in [2.45, 2.75) is 89.9 Å². The number of carbonyl (C=O) groups excluding carboxylic acids is 1. The van der Waals surface area contributed by atoms with Crippen molar-refractivity contribution >= 4 is 51.5 Å². The fourth-order valence-electron chi connectivity index (χ4n) is 10.2. The van der Waals surface area contributed by atoms with Crippen LogP contribution in [0, 0.1) is 0 Å². The summed E-state index contributed by atoms with van der Waals surface area (Å²) in [6.45, 7) is 7.34. The Balaban J connectivity index is 0.927. The number of fused-ring (bicyclic) bond motifs is 2. The van der Waals surface area contributed by atoms with Crippen LogP contribution in [0.5, 0.6) is 5.75 Å². The van der Waals surface area contributed by atoms with Crippen LogP contribution in [0.15, 0.2) is 164 Å². The monoisotopic (exact) mass is 1010 g/mol. The molecule has 0 aliphatic carbocycles. The van der Waals surface area contributed by atoms with E-state index in [1.54, 1.807) is 11.4 Å². The number of amides is 2. The van der Waals surface area contributed by atoms with E-state index in [-0.39, 0.29) is 52.8 Å². The molecule has 6 aromatic carbocycles. The summed E-state index contributed by atoms with van der Waals surface area (Å²) in [6, 6.07) is 52.0. The molecule has 1 N–H and O–H groups in total. The summed E-state index contributed by atoms with van der Waals surface area (Å²) < 4.78 is 61.6. The second kappa shape index (κ2) is 21.6. The number of benzene rings is 6. The Morgan fingerprint density at radius 2 is 1.14 bits per heavy atom. The van der Waals surface area contributed by atoms with Crippen molar-refractivity contribution in [1.29, 1.82) is 0 Å². The van der Waals surface area contributed by atoms with Gasteiger partial charge in [0.25, 0.3) is 0 Å². The Morgan fingerprint density at radius 1 is 0.676 bits per heavy atom. The molecule has 0 radical (unpaired) electrons. The zero-order valence-corrected chi connectivity index (χ0v) is 42.7. The van der Waals surface area contributed by atoms with Crippen LogP contribution in [0.1, 0.15) is 47.2 Å². The fourth-order valence-corrected chi connectivity index (χ4v) is 11.4. The first-order chi connectivity index (χ1) is 36.0. The van der Waals surface area contributed by atoms with Gasteiger partial charge in [-0.2, -0.15) is 5.10 Å². The highest BCUT2D eigenvalue weighted by molar-refractivity contribution is 7.53. The second-order valence-corrected chi connectivity index (χ2v) is 21.9. The molecule has 0 bridgehead atoms. The molecule has 1 aromatic heterocycles. The van der Waals surface area contributed by atoms with E-state index in [1.807, 2.05) is 162 Å². The highest BCUT2D eigenvalue weighted by Gasteiger charge is 2.56. The number of nitrogens with zero attached hydrogens (tertiary/aromatic N) is 5. The van der Waals surface area contributed by atoms with Crippen molar-refractivity contribution < 1.29 is 47.0 Å². The lowest BCUT2D eigenvalue weighted by Crippen LogP contribution is -2.51. The topological polar surface area (TPSA) is 153 Å². The first kappa shape index (κ1) is 50.0. The minimum atomic E-state index is -3.76. The van der Waals surface area contributed by atoms with E-state index in [4.69, 9.17) is 37.7 Å². The van der Waals surface area contributed by atoms with Crippen LogP contribution in [-0.2, 0) is 71.5 Å². The first-order valence-electron chi connectivity index (χ1n) is 25.4. The van der Waals surface area contributed by atoms with E-state index in [9.17, 15) is 9.59 Å². The van der Waals surface area contributed by atoms with Gasteiger partial charge in [-0.15, -0.1) is 0 Å². The molecule has 0 unspecified atom stereocenters. The van der Waals surface area contributed by atoms with E-state index in [2.05, 4.69) is 30.3 Å². The molecule has 4 atom stereocenters. The Morgan fingerprint density at radius 3 is 1.61 bits per heavy atom. The number of hydrogen-bond donors (Lipinski definition) is 1. The van der Waals surface area contributed by atoms with Gasteiger partial charge in [-0.25, -0.2) is 4.79 Å². The van der Waals surface area contributed by atoms with Gasteiger partial charge in [-0.05, 0) is 91.2 Å². The number of ether oxygens (including phenoxy) is 3. The molecule has 15 nitrogen and oxygen atoms in total. The quantitative estimate of drug-likeness (QED) is 0.0415. The lowest BCUT2D eigenvalue weighted by molar-refractivity contribution is -0.157. The zero-order chi connectivity index (χ0) is 50.8. The number of carbonyl (C=O) groups is 1. The van der Waals surface area contributed by atoms with Crippen LogP contribution < -0.4 is 9.46 Å². The van der Waals surface area contributed by atoms with Crippen molar-refractivity contribution in [3.05, 3.63) is 197 Å². The molecule has 2 amide bonds. The Kier molecular flexibility index (Phi) is 14.6. The van der Waals surface area contributed by atoms with Gasteiger partial charge >= 0.3 is 34.8 Å². The van der Waals surface area contributed by atoms with Gasteiger partial charge in [0.05, 0.1) is 43.8 Å². The molecule has 0 spiro atoms. The van der Waals surface area contributed by atoms with Crippen molar-refractivity contribution in [3.63, 3.8) is 0 Å². The van der Waals surface area contributed by atoms with Crippen LogP contribution in [0.4, 0.5) is 10.6 Å². The van der Waals surface area contributed by atoms with Crippen molar-refractivity contribution in [2.24, 2.45) is 0 Å². The average molecular weight is 1010 g/mol. The first-order valence-corrected chi connectivity index (χ1v) is 27.1. The predicted molar refractivity (Wildman–Crippen MR) is 285 cm³/mol. The molecule has 74 heavy (non-hydrogen) atoms. The normalized spacial score (nSPS) is 20.1. The Labute approximate surface area is 433 Å². The molecular formula is C55H59B3N5O10P. The van der Waals surface area contributed by atoms with Gasteiger partial charge in [0.15, 0.2) is 12.1 Å². The SMILES string of the molecule is CB(O)n1nc(N(B2CO2)B2CO2)c2cc(CN3C(=O)N(Cc4ccc(OCP(=O)(OCc5ccccc5)OCc5ccccc5)cc4)[C@H](Cc4ccccc4)[C@@H]4OC(C)(C)O[C@H]4[C@H]3Cc3ccccc3)ccc21. The van der Waals surface area contributed by atoms with Crippen molar-refractivity contribution in [3.8, 4) is 5.75 Å². The van der Waals surface area contributed by atoms with Crippen molar-refractivity contribution in [2.75, 3.05) is 24.1 Å². The second-order valence-electron chi connectivity index (χ2n) is 19.9. The van der Waals surface area contributed by atoms with Gasteiger partial charge in [0, 0.05) is 18.5 Å². The van der Waals surface area contributed by atoms with Gasteiger partial charge in [-0.3, -0.25) is 9.16 Å². The smallest absolute Gasteiger partial charge is 0.431 e. The molecule has 5 heterocycles. The lowest BCUT2D eigenvalue weighted by atomic mass is 9.76. The van der Waals surface area contributed by atoms with Crippen LogP contribution in [0.2, 0.25) is 6.82 Å². The summed E-state index contributed by atoms with van der Waals surface area (Å²) >= 11 is 0. The van der Waals surface area contributed by atoms with Gasteiger partial charge in [0.2, 0.25) is 0 Å². The molecule has 11 rings (SSSR count). The third-order valence-electron chi connectivity index (χ3n) is 14.0. The Hall–Kier alpha value is -6.20. The van der Waals surface area contributed by atoms with Crippen LogP contribution >= 0.6 is 7.60 Å². The van der Waals surface area contributed by atoms with E-state index < -0.39 is 44.7 Å². The minimum absolute atomic E-state index is 0.0912. The summed E-state index contributed by atoms with van der Waals surface area (Å²) in [6.07, 6.45) is -0.312. The van der Waals surface area contributed by atoms with Gasteiger partial charge in [0.1, 0.15) is 23.8 Å². The maximum atomic E-state index is 16.0. The summed E-state index contributed by atoms with van der Waals surface area (Å²) in [5.74, 6) is 0.175. The molecule has 4 aliphatic heterocycles. The highest BCUT2D eigenvalue weighted by atomic mass is 31.2. The predicted octanol–water partition coefficient (Wildman–Crippen LogP) is 9.06. The molecule has 19 heteroatoms. The van der Waals surface area contributed by atoms with E-state index in [1.165, 1.54) is 0 Å². The van der Waals surface area contributed by atoms with E-state index in [0.29, 0.717) is 37.4 Å². The maximum absolute atomic E-state index is 16.0. The molecular weight excluding hydrogens is 954 g/mol. The summed E-state index contributed by atoms with van der Waals surface area (Å²) in [7, 11) is -5.01. The van der Waals surface area contributed by atoms with Crippen LogP contribution in [0.25, 0.3) is 10.9 Å². The van der Waals surface area contributed by atoms with Gasteiger partial charge < -0.3 is 52.1 Å². The number of anilines is 1. The third kappa shape index (κ3) is 11.5. The lowest BCUT2D eigenvalue weighted by Gasteiger charge is -2.37. The third-order valence-corrected chi connectivity index (χ3v) is 15.4. The summed E-state index contributed by atoms with van der Waals surface area (Å²) in [5.41, 5.74) is 6.32. The molecule has 4 saturated heterocycles. The van der Waals surface area contributed by atoms with E-state index in [0.717, 1.165) is 44.3 Å². The number of urea groups is 1. The Bertz CT molecular complexity index is 3010. The largest absolute Gasteiger partial charge is 0.481 e. The molecule has 4 aliphatic rings. The van der Waals surface area contributed by atoms with Crippen LogP contribution in [0.3, 0.4) is 0 Å². The zero-order valence-electron chi connectivity index (χ0n) is 41.8. The standard InChI is InChI=1S/C55H59B3N5O10P/c1-55(2)72-51-49(31-40-16-8-4-9-17-40)60(33-42-24-27-46(28-25-42)67-39-74(66,70-35-43-20-12-6-13-21-43)71-36-44-22-14-7-15-23-44)54(64)61(50(52(51)73-55)32-41-18-10-5-11-19-41)34-45-26-29-48-47(30-45)53(59-63(48)56(3)65)62(57-37-68-57)58-38-69-58/h4-30,49-52,65H,31-39H2,1-3H3/t49-,50-,51+,52+/m1/s1. The van der Waals surface area contributed by atoms with Crippen LogP contribution in [-0.4, -0.2) is 101 Å². The minimum Gasteiger partial charge on any atom is -0.481 e. The highest BCUT2D eigenvalue weighted by Crippen LogP contribution is 2.50. The van der Waals surface area contributed by atoms with E-state index >= 15 is 4.79 Å². The summed E-state index contributed by atoms with van der Waals surface area (Å²) in [5, 5.41) is 16.6. The molecule has 378 valence electrons. The average Bonchev–Trinajstić information content (AvgIpc) is 4.37. The number of hydrogen-bond acceptors (Lipinski definition) is 12. The summed E-state index contributed by atoms with van der Waals surface area (Å²) in [4.78, 5) is 20.0. The number of aromatic nitrogens is 2. The molecule has 4 fully saturated rings. The number of rotatable bonds is 21. The van der Waals surface area contributed by atoms with Gasteiger partial charge in [-0.1, -0.05) is 140 Å². The molecule has 7 aromatic rings.